The molecule has 0 radical (unpaired) electrons. The van der Waals surface area contributed by atoms with Gasteiger partial charge in [0.1, 0.15) is 5.82 Å². The molecule has 0 spiro atoms. The molecule has 0 amide bonds. The summed E-state index contributed by atoms with van der Waals surface area (Å²) in [5.41, 5.74) is 1.07. The zero-order chi connectivity index (χ0) is 10.4. The van der Waals surface area contributed by atoms with Crippen molar-refractivity contribution >= 4 is 0 Å². The van der Waals surface area contributed by atoms with Crippen LogP contribution < -0.4 is 5.32 Å². The van der Waals surface area contributed by atoms with Crippen molar-refractivity contribution in [1.82, 2.24) is 5.32 Å². The van der Waals surface area contributed by atoms with Crippen LogP contribution in [0, 0.1) is 17.1 Å². The van der Waals surface area contributed by atoms with Crippen molar-refractivity contribution in [3.63, 3.8) is 0 Å². The highest BCUT2D eigenvalue weighted by molar-refractivity contribution is 5.17. The second kappa shape index (κ2) is 5.36. The van der Waals surface area contributed by atoms with E-state index in [-0.39, 0.29) is 11.9 Å². The lowest BCUT2D eigenvalue weighted by Crippen LogP contribution is -2.28. The maximum absolute atomic E-state index is 12.6. The highest BCUT2D eigenvalue weighted by atomic mass is 19.1. The van der Waals surface area contributed by atoms with E-state index in [1.165, 1.54) is 12.1 Å². The molecule has 1 atom stereocenters. The summed E-state index contributed by atoms with van der Waals surface area (Å²) in [4.78, 5) is 0. The van der Waals surface area contributed by atoms with Gasteiger partial charge in [0.2, 0.25) is 0 Å². The smallest absolute Gasteiger partial charge is 0.123 e. The highest BCUT2D eigenvalue weighted by Crippen LogP contribution is 2.05. The van der Waals surface area contributed by atoms with Crippen molar-refractivity contribution in [1.29, 1.82) is 5.26 Å². The first-order valence-corrected chi connectivity index (χ1v) is 4.57. The zero-order valence-corrected chi connectivity index (χ0v) is 8.13. The van der Waals surface area contributed by atoms with Crippen LogP contribution >= 0.6 is 0 Å². The molecular weight excluding hydrogens is 179 g/mol. The molecule has 1 N–H and O–H groups in total. The van der Waals surface area contributed by atoms with Crippen LogP contribution in [0.3, 0.4) is 0 Å². The minimum atomic E-state index is -0.216. The molecule has 0 saturated carbocycles. The Morgan fingerprint density at radius 2 is 2.07 bits per heavy atom. The fraction of sp³-hybridized carbons (Fsp3) is 0.364. The minimum absolute atomic E-state index is 0.216. The molecular formula is C11H13FN2. The lowest BCUT2D eigenvalue weighted by Gasteiger charge is -2.10. The lowest BCUT2D eigenvalue weighted by atomic mass is 10.1. The average molecular weight is 192 g/mol. The van der Waals surface area contributed by atoms with E-state index in [1.807, 2.05) is 13.0 Å². The third-order valence-corrected chi connectivity index (χ3v) is 1.98. The fourth-order valence-corrected chi connectivity index (χ4v) is 1.27. The molecule has 0 aliphatic heterocycles. The summed E-state index contributed by atoms with van der Waals surface area (Å²) >= 11 is 0. The highest BCUT2D eigenvalue weighted by Gasteiger charge is 2.01. The molecule has 1 unspecified atom stereocenters. The van der Waals surface area contributed by atoms with E-state index < -0.39 is 0 Å². The van der Waals surface area contributed by atoms with Crippen LogP contribution in [0.5, 0.6) is 0 Å². The molecule has 1 rings (SSSR count). The number of halogens is 1. The van der Waals surface area contributed by atoms with Gasteiger partial charge in [-0.3, -0.25) is 0 Å². The Morgan fingerprint density at radius 3 is 2.64 bits per heavy atom. The van der Waals surface area contributed by atoms with Crippen LogP contribution in [-0.4, -0.2) is 12.6 Å². The number of benzene rings is 1. The fourth-order valence-electron chi connectivity index (χ4n) is 1.27. The van der Waals surface area contributed by atoms with E-state index in [0.29, 0.717) is 6.54 Å². The van der Waals surface area contributed by atoms with Crippen LogP contribution in [0.15, 0.2) is 24.3 Å². The van der Waals surface area contributed by atoms with Gasteiger partial charge in [-0.25, -0.2) is 4.39 Å². The summed E-state index contributed by atoms with van der Waals surface area (Å²) in [6, 6.07) is 8.69. The molecule has 0 saturated heterocycles. The minimum Gasteiger partial charge on any atom is -0.302 e. The number of nitrogens with one attached hydrogen (secondary N) is 1. The first-order chi connectivity index (χ1) is 6.72. The van der Waals surface area contributed by atoms with Crippen LogP contribution in [-0.2, 0) is 6.42 Å². The number of rotatable bonds is 4. The third kappa shape index (κ3) is 3.55. The van der Waals surface area contributed by atoms with E-state index in [0.717, 1.165) is 12.0 Å². The van der Waals surface area contributed by atoms with E-state index in [2.05, 4.69) is 5.32 Å². The van der Waals surface area contributed by atoms with Gasteiger partial charge >= 0.3 is 0 Å². The van der Waals surface area contributed by atoms with Crippen molar-refractivity contribution in [3.05, 3.63) is 35.6 Å². The first-order valence-electron chi connectivity index (χ1n) is 4.57. The van der Waals surface area contributed by atoms with Crippen molar-refractivity contribution < 1.29 is 4.39 Å². The van der Waals surface area contributed by atoms with Crippen LogP contribution in [0.4, 0.5) is 4.39 Å². The molecule has 74 valence electrons. The summed E-state index contributed by atoms with van der Waals surface area (Å²) in [5, 5.41) is 11.4. The molecule has 2 nitrogen and oxygen atoms in total. The Morgan fingerprint density at radius 1 is 1.43 bits per heavy atom. The van der Waals surface area contributed by atoms with E-state index in [4.69, 9.17) is 5.26 Å². The Labute approximate surface area is 83.4 Å². The van der Waals surface area contributed by atoms with E-state index in [1.54, 1.807) is 12.1 Å². The van der Waals surface area contributed by atoms with Gasteiger partial charge in [0.05, 0.1) is 12.6 Å². The van der Waals surface area contributed by atoms with Crippen LogP contribution in [0.2, 0.25) is 0 Å². The number of hydrogen-bond acceptors (Lipinski definition) is 2. The average Bonchev–Trinajstić information content (AvgIpc) is 2.18. The van der Waals surface area contributed by atoms with Gasteiger partial charge in [0.25, 0.3) is 0 Å². The molecule has 1 aromatic carbocycles. The number of nitriles is 1. The lowest BCUT2D eigenvalue weighted by molar-refractivity contribution is 0.581. The zero-order valence-electron chi connectivity index (χ0n) is 8.13. The second-order valence-electron chi connectivity index (χ2n) is 3.27. The van der Waals surface area contributed by atoms with Gasteiger partial charge in [-0.05, 0) is 31.0 Å². The van der Waals surface area contributed by atoms with E-state index >= 15 is 0 Å². The Hall–Kier alpha value is -1.40. The predicted molar refractivity (Wildman–Crippen MR) is 53.2 cm³/mol. The largest absolute Gasteiger partial charge is 0.302 e. The Kier molecular flexibility index (Phi) is 4.09. The maximum atomic E-state index is 12.6. The monoisotopic (exact) mass is 192 g/mol. The van der Waals surface area contributed by atoms with Crippen molar-refractivity contribution in [3.8, 4) is 6.07 Å². The van der Waals surface area contributed by atoms with Gasteiger partial charge < -0.3 is 5.32 Å². The second-order valence-corrected chi connectivity index (χ2v) is 3.27. The number of nitrogens with zero attached hydrogens (tertiary/aromatic N) is 1. The number of hydrogen-bond donors (Lipinski definition) is 1. The summed E-state index contributed by atoms with van der Waals surface area (Å²) in [5.74, 6) is -0.216. The quantitative estimate of drug-likeness (QED) is 0.739. The standard InChI is InChI=1S/C11H13FN2/c1-9(14-7-6-13)8-10-2-4-11(12)5-3-10/h2-5,9,14H,7-8H2,1H3. The van der Waals surface area contributed by atoms with Gasteiger partial charge in [-0.2, -0.15) is 5.26 Å². The van der Waals surface area contributed by atoms with Gasteiger partial charge in [-0.15, -0.1) is 0 Å². The molecule has 0 aromatic heterocycles. The van der Waals surface area contributed by atoms with Gasteiger partial charge in [-0.1, -0.05) is 12.1 Å². The maximum Gasteiger partial charge on any atom is 0.123 e. The summed E-state index contributed by atoms with van der Waals surface area (Å²) in [7, 11) is 0. The summed E-state index contributed by atoms with van der Waals surface area (Å²) in [6.07, 6.45) is 0.807. The Balaban J connectivity index is 2.44. The molecule has 0 heterocycles. The molecule has 1 aromatic rings. The van der Waals surface area contributed by atoms with Crippen molar-refractivity contribution in [2.45, 2.75) is 19.4 Å². The molecule has 14 heavy (non-hydrogen) atoms. The predicted octanol–water partition coefficient (Wildman–Crippen LogP) is 1.87. The SMILES string of the molecule is CC(Cc1ccc(F)cc1)NCC#N. The molecule has 0 bridgehead atoms. The van der Waals surface area contributed by atoms with Gasteiger partial charge in [0, 0.05) is 6.04 Å². The van der Waals surface area contributed by atoms with Crippen LogP contribution in [0.1, 0.15) is 12.5 Å². The van der Waals surface area contributed by atoms with E-state index in [9.17, 15) is 4.39 Å². The van der Waals surface area contributed by atoms with Crippen LogP contribution in [0.25, 0.3) is 0 Å². The molecule has 0 aliphatic carbocycles. The molecule has 0 aliphatic rings. The van der Waals surface area contributed by atoms with Gasteiger partial charge in [0.15, 0.2) is 0 Å². The topological polar surface area (TPSA) is 35.8 Å². The van der Waals surface area contributed by atoms with Crippen molar-refractivity contribution in [2.75, 3.05) is 6.54 Å². The molecule has 3 heteroatoms. The summed E-state index contributed by atoms with van der Waals surface area (Å²) in [6.45, 7) is 2.35. The summed E-state index contributed by atoms with van der Waals surface area (Å²) < 4.78 is 12.6. The first kappa shape index (κ1) is 10.7. The normalized spacial score (nSPS) is 12.1. The van der Waals surface area contributed by atoms with Crippen molar-refractivity contribution in [2.24, 2.45) is 0 Å². The Bertz CT molecular complexity index is 313. The molecule has 0 fully saturated rings. The third-order valence-electron chi connectivity index (χ3n) is 1.98.